The Balaban J connectivity index is 2.42. The highest BCUT2D eigenvalue weighted by molar-refractivity contribution is 5.40. The Bertz CT molecular complexity index is 499. The number of anilines is 1. The number of ether oxygens (including phenoxy) is 1. The molecular formula is C11H16N3O4. The predicted octanol–water partition coefficient (Wildman–Crippen LogP) is -0.872. The molecule has 99 valence electrons. The van der Waals surface area contributed by atoms with Gasteiger partial charge in [0.2, 0.25) is 0 Å². The minimum absolute atomic E-state index is 0.0269. The highest BCUT2D eigenvalue weighted by Crippen LogP contribution is 2.43. The summed E-state index contributed by atoms with van der Waals surface area (Å²) in [6, 6.07) is 0. The summed E-state index contributed by atoms with van der Waals surface area (Å²) in [5.74, 6) is -0.0269. The largest absolute Gasteiger partial charge is 0.387 e. The van der Waals surface area contributed by atoms with Crippen molar-refractivity contribution in [3.05, 3.63) is 29.2 Å². The van der Waals surface area contributed by atoms with Gasteiger partial charge in [-0.15, -0.1) is 0 Å². The fraction of sp³-hybridized carbons (Fsp3) is 0.545. The standard InChI is InChI=1S/C11H16N3O4/c1-3-6-7(15)11(2,17)8(18-6)5-4-13-10(16)14-9(5)12/h4,6-8,15,17H,1,3H2,2H3,(H3,12,13,14,16)/t6-,7-,8-,11-/m1/s1. The lowest BCUT2D eigenvalue weighted by Gasteiger charge is -2.26. The molecule has 1 fully saturated rings. The average molecular weight is 254 g/mol. The second-order valence-corrected chi connectivity index (χ2v) is 4.56. The first-order chi connectivity index (χ1) is 8.37. The number of hydrogen-bond acceptors (Lipinski definition) is 6. The molecule has 0 bridgehead atoms. The fourth-order valence-electron chi connectivity index (χ4n) is 2.16. The third-order valence-corrected chi connectivity index (χ3v) is 3.23. The number of aliphatic hydroxyl groups excluding tert-OH is 1. The minimum atomic E-state index is -1.52. The number of nitrogens with zero attached hydrogens (tertiary/aromatic N) is 1. The molecule has 0 aliphatic carbocycles. The number of aromatic amines is 1. The molecule has 7 heteroatoms. The van der Waals surface area contributed by atoms with Crippen LogP contribution in [0.3, 0.4) is 0 Å². The topological polar surface area (TPSA) is 121 Å². The fourth-order valence-corrected chi connectivity index (χ4v) is 2.16. The van der Waals surface area contributed by atoms with Gasteiger partial charge in [0.05, 0.1) is 6.10 Å². The van der Waals surface area contributed by atoms with Crippen molar-refractivity contribution in [3.63, 3.8) is 0 Å². The first-order valence-corrected chi connectivity index (χ1v) is 5.58. The maximum atomic E-state index is 11.0. The van der Waals surface area contributed by atoms with Crippen LogP contribution in [0.4, 0.5) is 5.82 Å². The van der Waals surface area contributed by atoms with Crippen LogP contribution < -0.4 is 11.4 Å². The molecule has 1 aromatic rings. The van der Waals surface area contributed by atoms with E-state index in [1.54, 1.807) is 0 Å². The SMILES string of the molecule is [CH2]C[C@H]1O[C@H](c2c[nH]c(=O)nc2N)[C@](C)(O)[C@@H]1O. The first-order valence-electron chi connectivity index (χ1n) is 5.58. The predicted molar refractivity (Wildman–Crippen MR) is 63.5 cm³/mol. The average Bonchev–Trinajstić information content (AvgIpc) is 2.52. The molecule has 0 spiro atoms. The molecule has 0 saturated carbocycles. The van der Waals surface area contributed by atoms with Crippen molar-refractivity contribution >= 4 is 5.82 Å². The van der Waals surface area contributed by atoms with E-state index in [0.717, 1.165) is 0 Å². The number of nitrogen functional groups attached to an aromatic ring is 1. The van der Waals surface area contributed by atoms with Crippen molar-refractivity contribution < 1.29 is 14.9 Å². The Kier molecular flexibility index (Phi) is 3.14. The smallest absolute Gasteiger partial charge is 0.346 e. The van der Waals surface area contributed by atoms with Gasteiger partial charge in [0.15, 0.2) is 0 Å². The number of rotatable bonds is 2. The van der Waals surface area contributed by atoms with Gasteiger partial charge in [0.25, 0.3) is 0 Å². The van der Waals surface area contributed by atoms with Gasteiger partial charge in [0.1, 0.15) is 23.6 Å². The number of hydrogen-bond donors (Lipinski definition) is 4. The van der Waals surface area contributed by atoms with Crippen LogP contribution >= 0.6 is 0 Å². The molecule has 2 rings (SSSR count). The number of aromatic nitrogens is 2. The Morgan fingerprint density at radius 1 is 1.72 bits per heavy atom. The van der Waals surface area contributed by atoms with E-state index in [-0.39, 0.29) is 5.82 Å². The summed E-state index contributed by atoms with van der Waals surface area (Å²) >= 11 is 0. The van der Waals surface area contributed by atoms with E-state index in [0.29, 0.717) is 12.0 Å². The normalized spacial score (nSPS) is 35.9. The summed E-state index contributed by atoms with van der Waals surface area (Å²) in [6.45, 7) is 5.09. The maximum absolute atomic E-state index is 11.0. The van der Waals surface area contributed by atoms with Crippen LogP contribution in [0, 0.1) is 6.92 Å². The van der Waals surface area contributed by atoms with E-state index in [1.165, 1.54) is 13.1 Å². The summed E-state index contributed by atoms with van der Waals surface area (Å²) in [7, 11) is 0. The highest BCUT2D eigenvalue weighted by Gasteiger charge is 2.52. The summed E-state index contributed by atoms with van der Waals surface area (Å²) in [4.78, 5) is 16.9. The lowest BCUT2D eigenvalue weighted by molar-refractivity contribution is -0.0645. The van der Waals surface area contributed by atoms with Gasteiger partial charge in [-0.25, -0.2) is 4.79 Å². The lowest BCUT2D eigenvalue weighted by atomic mass is 9.89. The lowest BCUT2D eigenvalue weighted by Crippen LogP contribution is -2.42. The first kappa shape index (κ1) is 13.0. The van der Waals surface area contributed by atoms with Crippen LogP contribution in [0.1, 0.15) is 25.0 Å². The molecule has 0 unspecified atom stereocenters. The van der Waals surface area contributed by atoms with Crippen molar-refractivity contribution in [3.8, 4) is 0 Å². The second-order valence-electron chi connectivity index (χ2n) is 4.56. The molecule has 1 aromatic heterocycles. The van der Waals surface area contributed by atoms with Gasteiger partial charge < -0.3 is 25.7 Å². The zero-order chi connectivity index (χ0) is 13.5. The van der Waals surface area contributed by atoms with Crippen LogP contribution in [0.5, 0.6) is 0 Å². The molecule has 1 aliphatic rings. The van der Waals surface area contributed by atoms with Gasteiger partial charge in [-0.05, 0) is 13.3 Å². The third kappa shape index (κ3) is 1.90. The summed E-state index contributed by atoms with van der Waals surface area (Å²) in [5, 5.41) is 20.2. The van der Waals surface area contributed by atoms with Gasteiger partial charge in [0, 0.05) is 11.8 Å². The van der Waals surface area contributed by atoms with Crippen LogP contribution in [-0.4, -0.2) is 38.0 Å². The molecule has 18 heavy (non-hydrogen) atoms. The molecule has 2 heterocycles. The van der Waals surface area contributed by atoms with Crippen molar-refractivity contribution in [1.29, 1.82) is 0 Å². The Hall–Kier alpha value is -1.44. The van der Waals surface area contributed by atoms with E-state index in [4.69, 9.17) is 10.5 Å². The molecule has 7 nitrogen and oxygen atoms in total. The zero-order valence-corrected chi connectivity index (χ0v) is 9.96. The molecule has 1 aliphatic heterocycles. The monoisotopic (exact) mass is 254 g/mol. The van der Waals surface area contributed by atoms with Crippen LogP contribution in [0.2, 0.25) is 0 Å². The van der Waals surface area contributed by atoms with Crippen LogP contribution in [0.15, 0.2) is 11.0 Å². The molecule has 1 radical (unpaired) electrons. The molecule has 0 aromatic carbocycles. The number of H-pyrrole nitrogens is 1. The van der Waals surface area contributed by atoms with Crippen molar-refractivity contribution in [2.75, 3.05) is 5.73 Å². The molecule has 5 N–H and O–H groups in total. The van der Waals surface area contributed by atoms with E-state index >= 15 is 0 Å². The van der Waals surface area contributed by atoms with Gasteiger partial charge in [-0.3, -0.25) is 0 Å². The minimum Gasteiger partial charge on any atom is -0.387 e. The summed E-state index contributed by atoms with van der Waals surface area (Å²) < 4.78 is 5.54. The zero-order valence-electron chi connectivity index (χ0n) is 9.96. The van der Waals surface area contributed by atoms with E-state index < -0.39 is 29.6 Å². The van der Waals surface area contributed by atoms with Crippen molar-refractivity contribution in [2.45, 2.75) is 37.3 Å². The Morgan fingerprint density at radius 3 is 2.89 bits per heavy atom. The quantitative estimate of drug-likeness (QED) is 0.544. The summed E-state index contributed by atoms with van der Waals surface area (Å²) in [5.41, 5.74) is 3.88. The van der Waals surface area contributed by atoms with Crippen molar-refractivity contribution in [2.24, 2.45) is 0 Å². The molecule has 0 amide bonds. The third-order valence-electron chi connectivity index (χ3n) is 3.23. The van der Waals surface area contributed by atoms with E-state index in [9.17, 15) is 15.0 Å². The van der Waals surface area contributed by atoms with Gasteiger partial charge >= 0.3 is 5.69 Å². The summed E-state index contributed by atoms with van der Waals surface area (Å²) in [6.07, 6.45) is -0.877. The Labute approximate surface area is 104 Å². The number of aliphatic hydroxyl groups is 2. The van der Waals surface area contributed by atoms with E-state index in [2.05, 4.69) is 16.9 Å². The highest BCUT2D eigenvalue weighted by atomic mass is 16.5. The van der Waals surface area contributed by atoms with Crippen LogP contribution in [0.25, 0.3) is 0 Å². The number of nitrogens with one attached hydrogen (secondary N) is 1. The van der Waals surface area contributed by atoms with Crippen LogP contribution in [-0.2, 0) is 4.74 Å². The van der Waals surface area contributed by atoms with E-state index in [1.807, 2.05) is 0 Å². The Morgan fingerprint density at radius 2 is 2.39 bits per heavy atom. The number of nitrogens with two attached hydrogens (primary N) is 1. The maximum Gasteiger partial charge on any atom is 0.346 e. The van der Waals surface area contributed by atoms with Gasteiger partial charge in [-0.2, -0.15) is 4.98 Å². The molecule has 4 atom stereocenters. The second kappa shape index (κ2) is 4.34. The molecule has 1 saturated heterocycles. The van der Waals surface area contributed by atoms with Gasteiger partial charge in [-0.1, -0.05) is 6.92 Å². The van der Waals surface area contributed by atoms with Crippen molar-refractivity contribution in [1.82, 2.24) is 9.97 Å². The molecular weight excluding hydrogens is 238 g/mol.